The van der Waals surface area contributed by atoms with Gasteiger partial charge in [0.15, 0.2) is 5.16 Å². The number of hydrogen-bond donors (Lipinski definition) is 1. The smallest absolute Gasteiger partial charge is 0.269 e. The minimum Gasteiger partial charge on any atom is -0.325 e. The third-order valence-corrected chi connectivity index (χ3v) is 5.23. The Kier molecular flexibility index (Phi) is 5.74. The summed E-state index contributed by atoms with van der Waals surface area (Å²) in [7, 11) is 0. The van der Waals surface area contributed by atoms with Gasteiger partial charge in [0, 0.05) is 24.4 Å². The summed E-state index contributed by atoms with van der Waals surface area (Å²) in [5, 5.41) is 13.9. The van der Waals surface area contributed by atoms with Gasteiger partial charge in [0.1, 0.15) is 0 Å². The van der Waals surface area contributed by atoms with Gasteiger partial charge in [-0.3, -0.25) is 24.3 Å². The monoisotopic (exact) mass is 398 g/mol. The fourth-order valence-corrected chi connectivity index (χ4v) is 3.61. The lowest BCUT2D eigenvalue weighted by atomic mass is 10.2. The lowest BCUT2D eigenvalue weighted by Gasteiger charge is -2.15. The molecule has 1 N–H and O–H groups in total. The van der Waals surface area contributed by atoms with E-state index in [1.807, 2.05) is 13.0 Å². The van der Waals surface area contributed by atoms with E-state index in [0.717, 1.165) is 0 Å². The number of carbonyl (C=O) groups excluding carboxylic acids is 1. The molecule has 9 heteroatoms. The average molecular weight is 398 g/mol. The molecule has 3 aromatic rings. The first-order chi connectivity index (χ1) is 13.4. The Balaban J connectivity index is 1.80. The standard InChI is InChI=1S/C19H18N4O4S/c1-3-22-18(25)15-6-4-5-7-16(15)21-19(22)28-12(2)17(24)20-13-8-10-14(11-9-13)23(26)27/h4-12H,3H2,1-2H3,(H,20,24). The number of anilines is 1. The highest BCUT2D eigenvalue weighted by atomic mass is 32.2. The molecule has 0 bridgehead atoms. The summed E-state index contributed by atoms with van der Waals surface area (Å²) in [6, 6.07) is 12.7. The Labute approximate surface area is 164 Å². The van der Waals surface area contributed by atoms with Crippen molar-refractivity contribution in [3.05, 3.63) is 69.0 Å². The molecule has 0 fully saturated rings. The predicted molar refractivity (Wildman–Crippen MR) is 109 cm³/mol. The Morgan fingerprint density at radius 2 is 1.93 bits per heavy atom. The number of nitro benzene ring substituents is 1. The summed E-state index contributed by atoms with van der Waals surface area (Å²) in [6.07, 6.45) is 0. The zero-order valence-corrected chi connectivity index (χ0v) is 16.1. The molecule has 144 valence electrons. The summed E-state index contributed by atoms with van der Waals surface area (Å²) in [6.45, 7) is 4.01. The van der Waals surface area contributed by atoms with Gasteiger partial charge in [0.05, 0.1) is 21.1 Å². The first-order valence-corrected chi connectivity index (χ1v) is 9.50. The molecule has 0 saturated heterocycles. The van der Waals surface area contributed by atoms with Crippen LogP contribution in [0, 0.1) is 10.1 Å². The Bertz CT molecular complexity index is 1100. The highest BCUT2D eigenvalue weighted by molar-refractivity contribution is 8.00. The molecule has 1 unspecified atom stereocenters. The number of nitrogens with zero attached hydrogens (tertiary/aromatic N) is 3. The van der Waals surface area contributed by atoms with Gasteiger partial charge in [-0.05, 0) is 38.1 Å². The topological polar surface area (TPSA) is 107 Å². The zero-order valence-electron chi connectivity index (χ0n) is 15.3. The van der Waals surface area contributed by atoms with Crippen LogP contribution in [0.5, 0.6) is 0 Å². The van der Waals surface area contributed by atoms with E-state index in [4.69, 9.17) is 0 Å². The number of thioether (sulfide) groups is 1. The molecule has 1 aromatic heterocycles. The molecule has 0 aliphatic heterocycles. The van der Waals surface area contributed by atoms with Crippen LogP contribution < -0.4 is 10.9 Å². The van der Waals surface area contributed by atoms with Gasteiger partial charge in [0.25, 0.3) is 11.2 Å². The maximum absolute atomic E-state index is 12.7. The van der Waals surface area contributed by atoms with Gasteiger partial charge in [-0.1, -0.05) is 23.9 Å². The number of amides is 1. The van der Waals surface area contributed by atoms with Crippen LogP contribution in [0.25, 0.3) is 10.9 Å². The van der Waals surface area contributed by atoms with E-state index >= 15 is 0 Å². The van der Waals surface area contributed by atoms with E-state index in [2.05, 4.69) is 10.3 Å². The quantitative estimate of drug-likeness (QED) is 0.295. The number of aromatic nitrogens is 2. The van der Waals surface area contributed by atoms with E-state index in [1.54, 1.807) is 29.7 Å². The fourth-order valence-electron chi connectivity index (χ4n) is 2.64. The molecule has 2 aromatic carbocycles. The minimum absolute atomic E-state index is 0.0484. The van der Waals surface area contributed by atoms with Gasteiger partial charge in [-0.2, -0.15) is 0 Å². The van der Waals surface area contributed by atoms with Crippen molar-refractivity contribution < 1.29 is 9.72 Å². The van der Waals surface area contributed by atoms with Crippen LogP contribution in [-0.4, -0.2) is 25.6 Å². The second-order valence-corrected chi connectivity index (χ2v) is 7.32. The molecule has 1 heterocycles. The van der Waals surface area contributed by atoms with Crippen LogP contribution in [-0.2, 0) is 11.3 Å². The Hall–Kier alpha value is -3.20. The third-order valence-electron chi connectivity index (χ3n) is 4.14. The van der Waals surface area contributed by atoms with Crippen LogP contribution in [0.1, 0.15) is 13.8 Å². The van der Waals surface area contributed by atoms with Crippen molar-refractivity contribution in [3.63, 3.8) is 0 Å². The first kappa shape index (κ1) is 19.6. The van der Waals surface area contributed by atoms with Crippen molar-refractivity contribution in [3.8, 4) is 0 Å². The molecular formula is C19H18N4O4S. The predicted octanol–water partition coefficient (Wildman–Crippen LogP) is 3.44. The number of benzene rings is 2. The van der Waals surface area contributed by atoms with E-state index in [9.17, 15) is 19.7 Å². The van der Waals surface area contributed by atoms with Crippen molar-refractivity contribution in [1.82, 2.24) is 9.55 Å². The highest BCUT2D eigenvalue weighted by Gasteiger charge is 2.19. The number of hydrogen-bond acceptors (Lipinski definition) is 6. The lowest BCUT2D eigenvalue weighted by Crippen LogP contribution is -2.26. The molecule has 0 aliphatic carbocycles. The van der Waals surface area contributed by atoms with Gasteiger partial charge in [-0.15, -0.1) is 0 Å². The Morgan fingerprint density at radius 3 is 2.57 bits per heavy atom. The van der Waals surface area contributed by atoms with Crippen molar-refractivity contribution in [2.75, 3.05) is 5.32 Å². The van der Waals surface area contributed by atoms with E-state index in [0.29, 0.717) is 28.3 Å². The van der Waals surface area contributed by atoms with Gasteiger partial charge in [0.2, 0.25) is 5.91 Å². The zero-order chi connectivity index (χ0) is 20.3. The number of carbonyl (C=O) groups is 1. The fraction of sp³-hybridized carbons (Fsp3) is 0.211. The maximum Gasteiger partial charge on any atom is 0.269 e. The molecule has 1 amide bonds. The second kappa shape index (κ2) is 8.22. The SMILES string of the molecule is CCn1c(SC(C)C(=O)Nc2ccc([N+](=O)[O-])cc2)nc2ccccc2c1=O. The van der Waals surface area contributed by atoms with Crippen molar-refractivity contribution >= 4 is 39.9 Å². The van der Waals surface area contributed by atoms with Crippen molar-refractivity contribution in [2.24, 2.45) is 0 Å². The van der Waals surface area contributed by atoms with Gasteiger partial charge < -0.3 is 5.32 Å². The van der Waals surface area contributed by atoms with Crippen LogP contribution in [0.15, 0.2) is 58.5 Å². The molecule has 28 heavy (non-hydrogen) atoms. The van der Waals surface area contributed by atoms with E-state index < -0.39 is 10.2 Å². The Morgan fingerprint density at radius 1 is 1.25 bits per heavy atom. The van der Waals surface area contributed by atoms with Crippen molar-refractivity contribution in [1.29, 1.82) is 0 Å². The largest absolute Gasteiger partial charge is 0.325 e. The van der Waals surface area contributed by atoms with Crippen LogP contribution >= 0.6 is 11.8 Å². The molecule has 0 saturated carbocycles. The van der Waals surface area contributed by atoms with Crippen LogP contribution in [0.2, 0.25) is 0 Å². The van der Waals surface area contributed by atoms with Gasteiger partial charge in [-0.25, -0.2) is 4.98 Å². The summed E-state index contributed by atoms with van der Waals surface area (Å²) in [5.74, 6) is -0.288. The molecule has 3 rings (SSSR count). The highest BCUT2D eigenvalue weighted by Crippen LogP contribution is 2.24. The summed E-state index contributed by atoms with van der Waals surface area (Å²) >= 11 is 1.19. The normalized spacial score (nSPS) is 11.9. The number of para-hydroxylation sites is 1. The molecule has 0 aliphatic rings. The molecular weight excluding hydrogens is 380 g/mol. The van der Waals surface area contributed by atoms with Gasteiger partial charge >= 0.3 is 0 Å². The van der Waals surface area contributed by atoms with Crippen LogP contribution in [0.4, 0.5) is 11.4 Å². The first-order valence-electron chi connectivity index (χ1n) is 8.62. The average Bonchev–Trinajstić information content (AvgIpc) is 2.68. The summed E-state index contributed by atoms with van der Waals surface area (Å²) < 4.78 is 1.54. The molecule has 1 atom stereocenters. The molecule has 8 nitrogen and oxygen atoms in total. The number of rotatable bonds is 6. The number of non-ortho nitro benzene ring substituents is 1. The summed E-state index contributed by atoms with van der Waals surface area (Å²) in [5.41, 5.74) is 0.858. The molecule has 0 spiro atoms. The number of nitro groups is 1. The minimum atomic E-state index is -0.527. The van der Waals surface area contributed by atoms with Crippen LogP contribution in [0.3, 0.4) is 0 Å². The molecule has 0 radical (unpaired) electrons. The lowest BCUT2D eigenvalue weighted by molar-refractivity contribution is -0.384. The summed E-state index contributed by atoms with van der Waals surface area (Å²) in [4.78, 5) is 39.9. The number of fused-ring (bicyclic) bond motifs is 1. The second-order valence-electron chi connectivity index (χ2n) is 6.01. The third kappa shape index (κ3) is 4.04. The van der Waals surface area contributed by atoms with Crippen molar-refractivity contribution in [2.45, 2.75) is 30.8 Å². The number of nitrogens with one attached hydrogen (secondary N) is 1. The van der Waals surface area contributed by atoms with E-state index in [-0.39, 0.29) is 17.2 Å². The van der Waals surface area contributed by atoms with E-state index in [1.165, 1.54) is 36.0 Å². The maximum atomic E-state index is 12.7.